The van der Waals surface area contributed by atoms with Crippen molar-refractivity contribution < 1.29 is 9.21 Å². The van der Waals surface area contributed by atoms with Gasteiger partial charge in [0.05, 0.1) is 12.7 Å². The van der Waals surface area contributed by atoms with Gasteiger partial charge in [-0.3, -0.25) is 4.79 Å². The second-order valence-corrected chi connectivity index (χ2v) is 7.79. The third kappa shape index (κ3) is 3.35. The molecule has 1 amide bonds. The molecule has 1 aliphatic rings. The van der Waals surface area contributed by atoms with Crippen molar-refractivity contribution in [3.63, 3.8) is 0 Å². The normalized spacial score (nSPS) is 18.7. The number of carbonyl (C=O) groups is 1. The molecule has 1 saturated carbocycles. The van der Waals surface area contributed by atoms with E-state index in [2.05, 4.69) is 47.4 Å². The fraction of sp³-hybridized carbons (Fsp3) is 0.409. The number of benzene rings is 1. The second kappa shape index (κ2) is 7.26. The molecule has 28 heavy (non-hydrogen) atoms. The molecule has 2 N–H and O–H groups in total. The van der Waals surface area contributed by atoms with Crippen LogP contribution in [0.1, 0.15) is 46.7 Å². The van der Waals surface area contributed by atoms with Crippen molar-refractivity contribution in [1.29, 1.82) is 0 Å². The summed E-state index contributed by atoms with van der Waals surface area (Å²) in [7, 11) is 1.85. The number of aromatic nitrogens is 2. The second-order valence-electron chi connectivity index (χ2n) is 7.79. The molecule has 0 atom stereocenters. The number of fused-ring (bicyclic) bond motifs is 1. The van der Waals surface area contributed by atoms with E-state index in [-0.39, 0.29) is 11.9 Å². The van der Waals surface area contributed by atoms with E-state index in [0.29, 0.717) is 12.3 Å². The summed E-state index contributed by atoms with van der Waals surface area (Å²) in [4.78, 5) is 21.1. The Morgan fingerprint density at radius 3 is 2.71 bits per heavy atom. The Morgan fingerprint density at radius 2 is 1.96 bits per heavy atom. The average Bonchev–Trinajstić information content (AvgIpc) is 3.06. The Kier molecular flexibility index (Phi) is 4.79. The fourth-order valence-corrected chi connectivity index (χ4v) is 4.08. The first-order valence-electron chi connectivity index (χ1n) is 9.72. The maximum atomic E-state index is 12.6. The van der Waals surface area contributed by atoms with Gasteiger partial charge in [0.25, 0.3) is 0 Å². The van der Waals surface area contributed by atoms with Gasteiger partial charge in [-0.25, -0.2) is 9.97 Å². The van der Waals surface area contributed by atoms with E-state index in [1.54, 1.807) is 12.6 Å². The quantitative estimate of drug-likeness (QED) is 0.706. The van der Waals surface area contributed by atoms with Gasteiger partial charge < -0.3 is 15.1 Å². The van der Waals surface area contributed by atoms with Crippen LogP contribution < -0.4 is 10.6 Å². The first-order chi connectivity index (χ1) is 13.5. The first kappa shape index (κ1) is 18.5. The Morgan fingerprint density at radius 1 is 1.18 bits per heavy atom. The molecular formula is C22H26N4O2. The molecule has 6 nitrogen and oxygen atoms in total. The molecule has 4 rings (SSSR count). The predicted octanol–water partition coefficient (Wildman–Crippen LogP) is 3.79. The molecule has 0 bridgehead atoms. The number of anilines is 1. The van der Waals surface area contributed by atoms with Gasteiger partial charge in [-0.05, 0) is 50.3 Å². The molecule has 6 heteroatoms. The highest BCUT2D eigenvalue weighted by molar-refractivity contribution is 5.92. The van der Waals surface area contributed by atoms with Crippen LogP contribution in [0, 0.1) is 20.8 Å². The maximum absolute atomic E-state index is 12.6. The van der Waals surface area contributed by atoms with Crippen molar-refractivity contribution in [1.82, 2.24) is 15.3 Å². The number of nitrogens with one attached hydrogen (secondary N) is 2. The minimum absolute atomic E-state index is 0.0439. The maximum Gasteiger partial charge on any atom is 0.224 e. The van der Waals surface area contributed by atoms with Crippen molar-refractivity contribution in [3.05, 3.63) is 52.7 Å². The number of hydrogen-bond donors (Lipinski definition) is 2. The number of aryl methyl sites for hydroxylation is 3. The largest absolute Gasteiger partial charge is 0.464 e. The molecular weight excluding hydrogens is 352 g/mol. The van der Waals surface area contributed by atoms with E-state index < -0.39 is 0 Å². The molecule has 0 unspecified atom stereocenters. The molecule has 0 saturated heterocycles. The van der Waals surface area contributed by atoms with Gasteiger partial charge in [0, 0.05) is 41.7 Å². The fourth-order valence-electron chi connectivity index (χ4n) is 4.08. The standard InChI is InChI=1S/C22H26N4O2/c1-12-5-13(2)21-16(10-28-22(21)14(12)3)8-20(27)26-17-6-15(7-17)18-9-19(23-4)25-11-24-18/h5,9-11,15,17H,6-8H2,1-4H3,(H,26,27)(H,23,24,25). The number of furan rings is 1. The van der Waals surface area contributed by atoms with Gasteiger partial charge in [0.1, 0.15) is 17.7 Å². The molecule has 146 valence electrons. The molecule has 2 heterocycles. The van der Waals surface area contributed by atoms with Crippen LogP contribution in [-0.2, 0) is 11.2 Å². The van der Waals surface area contributed by atoms with Gasteiger partial charge in [0.2, 0.25) is 5.91 Å². The van der Waals surface area contributed by atoms with Crippen LogP contribution in [0.3, 0.4) is 0 Å². The monoisotopic (exact) mass is 378 g/mol. The van der Waals surface area contributed by atoms with Crippen LogP contribution in [0.2, 0.25) is 0 Å². The van der Waals surface area contributed by atoms with Crippen LogP contribution >= 0.6 is 0 Å². The Labute approximate surface area is 164 Å². The molecule has 1 aromatic carbocycles. The first-order valence-corrected chi connectivity index (χ1v) is 9.72. The zero-order valence-electron chi connectivity index (χ0n) is 16.8. The predicted molar refractivity (Wildman–Crippen MR) is 110 cm³/mol. The van der Waals surface area contributed by atoms with Gasteiger partial charge in [0.15, 0.2) is 0 Å². The van der Waals surface area contributed by atoms with Crippen LogP contribution in [-0.4, -0.2) is 29.0 Å². The summed E-state index contributed by atoms with van der Waals surface area (Å²) in [5, 5.41) is 7.26. The summed E-state index contributed by atoms with van der Waals surface area (Å²) in [5.74, 6) is 1.25. The number of rotatable bonds is 5. The smallest absolute Gasteiger partial charge is 0.224 e. The lowest BCUT2D eigenvalue weighted by Gasteiger charge is -2.35. The Hall–Kier alpha value is -2.89. The summed E-state index contributed by atoms with van der Waals surface area (Å²) in [6, 6.07) is 4.34. The van der Waals surface area contributed by atoms with Gasteiger partial charge in [-0.2, -0.15) is 0 Å². The number of amides is 1. The van der Waals surface area contributed by atoms with Crippen LogP contribution in [0.25, 0.3) is 11.0 Å². The summed E-state index contributed by atoms with van der Waals surface area (Å²) in [6.07, 6.45) is 5.48. The Bertz CT molecular complexity index is 1030. The summed E-state index contributed by atoms with van der Waals surface area (Å²) < 4.78 is 5.78. The lowest BCUT2D eigenvalue weighted by molar-refractivity contribution is -0.121. The highest BCUT2D eigenvalue weighted by Crippen LogP contribution is 2.36. The van der Waals surface area contributed by atoms with E-state index >= 15 is 0 Å². The average molecular weight is 378 g/mol. The third-order valence-corrected chi connectivity index (χ3v) is 5.84. The minimum Gasteiger partial charge on any atom is -0.464 e. The molecule has 2 aromatic heterocycles. The number of hydrogen-bond acceptors (Lipinski definition) is 5. The van der Waals surface area contributed by atoms with Gasteiger partial charge in [-0.15, -0.1) is 0 Å². The van der Waals surface area contributed by atoms with E-state index in [0.717, 1.165) is 52.0 Å². The van der Waals surface area contributed by atoms with Gasteiger partial charge in [-0.1, -0.05) is 6.07 Å². The Balaban J connectivity index is 1.38. The van der Waals surface area contributed by atoms with E-state index in [9.17, 15) is 4.79 Å². The van der Waals surface area contributed by atoms with E-state index in [4.69, 9.17) is 4.42 Å². The molecule has 1 aliphatic carbocycles. The number of nitrogens with zero attached hydrogens (tertiary/aromatic N) is 2. The van der Waals surface area contributed by atoms with Crippen LogP contribution in [0.5, 0.6) is 0 Å². The minimum atomic E-state index is 0.0439. The van der Waals surface area contributed by atoms with Crippen molar-refractivity contribution >= 4 is 22.7 Å². The van der Waals surface area contributed by atoms with Crippen LogP contribution in [0.4, 0.5) is 5.82 Å². The summed E-state index contributed by atoms with van der Waals surface area (Å²) in [5.41, 5.74) is 6.39. The molecule has 0 radical (unpaired) electrons. The molecule has 1 fully saturated rings. The topological polar surface area (TPSA) is 80.0 Å². The lowest BCUT2D eigenvalue weighted by atomic mass is 9.78. The van der Waals surface area contributed by atoms with E-state index in [1.807, 2.05) is 13.1 Å². The molecule has 0 spiro atoms. The van der Waals surface area contributed by atoms with Crippen molar-refractivity contribution in [2.75, 3.05) is 12.4 Å². The zero-order chi connectivity index (χ0) is 19.8. The van der Waals surface area contributed by atoms with Crippen molar-refractivity contribution in [2.45, 2.75) is 52.0 Å². The highest BCUT2D eigenvalue weighted by Gasteiger charge is 2.32. The summed E-state index contributed by atoms with van der Waals surface area (Å²) in [6.45, 7) is 6.22. The van der Waals surface area contributed by atoms with Crippen molar-refractivity contribution in [2.24, 2.45) is 0 Å². The summed E-state index contributed by atoms with van der Waals surface area (Å²) >= 11 is 0. The zero-order valence-corrected chi connectivity index (χ0v) is 16.8. The van der Waals surface area contributed by atoms with Gasteiger partial charge >= 0.3 is 0 Å². The van der Waals surface area contributed by atoms with E-state index in [1.165, 1.54) is 5.56 Å². The highest BCUT2D eigenvalue weighted by atomic mass is 16.3. The third-order valence-electron chi connectivity index (χ3n) is 5.84. The van der Waals surface area contributed by atoms with Crippen molar-refractivity contribution in [3.8, 4) is 0 Å². The lowest BCUT2D eigenvalue weighted by Crippen LogP contribution is -2.44. The molecule has 0 aliphatic heterocycles. The number of carbonyl (C=O) groups excluding carboxylic acids is 1. The van der Waals surface area contributed by atoms with Crippen LogP contribution in [0.15, 0.2) is 29.1 Å². The SMILES string of the molecule is CNc1cc(C2CC(NC(=O)Cc3coc4c(C)c(C)cc(C)c34)C2)ncn1. The molecule has 3 aromatic rings.